The van der Waals surface area contributed by atoms with Crippen LogP contribution in [0.3, 0.4) is 0 Å². The highest BCUT2D eigenvalue weighted by Crippen LogP contribution is 2.56. The molecule has 0 aromatic carbocycles. The second kappa shape index (κ2) is 4.68. The van der Waals surface area contributed by atoms with Gasteiger partial charge < -0.3 is 9.47 Å². The molecule has 3 nitrogen and oxygen atoms in total. The van der Waals surface area contributed by atoms with E-state index in [1.807, 2.05) is 6.92 Å². The van der Waals surface area contributed by atoms with Crippen LogP contribution in [0.2, 0.25) is 0 Å². The molecule has 0 N–H and O–H groups in total. The van der Waals surface area contributed by atoms with Crippen LogP contribution >= 0.6 is 22.6 Å². The highest BCUT2D eigenvalue weighted by molar-refractivity contribution is 14.1. The lowest BCUT2D eigenvalue weighted by molar-refractivity contribution is -0.177. The highest BCUT2D eigenvalue weighted by Gasteiger charge is 2.55. The zero-order valence-electron chi connectivity index (χ0n) is 10.1. The van der Waals surface area contributed by atoms with E-state index in [2.05, 4.69) is 22.6 Å². The molecule has 3 aliphatic rings. The third-order valence-corrected chi connectivity index (χ3v) is 6.16. The standard InChI is InChI=1S/C13H19IO3/c1-2-10(14)12(15)17-13-11-8-4-3-7(5-8)9(11)6-16-13/h7-11,13H,2-6H2,1H3. The molecule has 17 heavy (non-hydrogen) atoms. The molecule has 2 saturated carbocycles. The molecule has 1 aliphatic heterocycles. The normalized spacial score (nSPS) is 44.7. The molecule has 4 heteroatoms. The number of alkyl halides is 1. The molecule has 0 radical (unpaired) electrons. The van der Waals surface area contributed by atoms with E-state index in [1.165, 1.54) is 19.3 Å². The molecule has 3 rings (SSSR count). The van der Waals surface area contributed by atoms with Crippen molar-refractivity contribution in [3.63, 3.8) is 0 Å². The molecule has 2 bridgehead atoms. The zero-order valence-corrected chi connectivity index (χ0v) is 12.3. The number of carbonyl (C=O) groups is 1. The van der Waals surface area contributed by atoms with E-state index in [0.29, 0.717) is 11.8 Å². The van der Waals surface area contributed by atoms with Crippen molar-refractivity contribution in [2.75, 3.05) is 6.61 Å². The minimum absolute atomic E-state index is 0.0335. The van der Waals surface area contributed by atoms with Gasteiger partial charge in [0.25, 0.3) is 0 Å². The fourth-order valence-electron chi connectivity index (χ4n) is 3.91. The molecule has 3 fully saturated rings. The van der Waals surface area contributed by atoms with E-state index in [9.17, 15) is 4.79 Å². The van der Waals surface area contributed by atoms with Crippen molar-refractivity contribution in [3.8, 4) is 0 Å². The van der Waals surface area contributed by atoms with Gasteiger partial charge in [0.1, 0.15) is 3.92 Å². The number of esters is 1. The Morgan fingerprint density at radius 1 is 1.47 bits per heavy atom. The second-order valence-corrected chi connectivity index (χ2v) is 7.09. The molecule has 0 amide bonds. The summed E-state index contributed by atoms with van der Waals surface area (Å²) >= 11 is 2.15. The first kappa shape index (κ1) is 12.2. The Hall–Kier alpha value is 0.160. The van der Waals surface area contributed by atoms with Crippen molar-refractivity contribution in [1.29, 1.82) is 0 Å². The van der Waals surface area contributed by atoms with Crippen LogP contribution in [0, 0.1) is 23.7 Å². The van der Waals surface area contributed by atoms with Crippen LogP contribution in [0.4, 0.5) is 0 Å². The van der Waals surface area contributed by atoms with E-state index < -0.39 is 0 Å². The van der Waals surface area contributed by atoms with Gasteiger partial charge in [0, 0.05) is 5.92 Å². The van der Waals surface area contributed by atoms with Gasteiger partial charge in [-0.1, -0.05) is 29.5 Å². The lowest BCUT2D eigenvalue weighted by atomic mass is 9.81. The Labute approximate surface area is 116 Å². The summed E-state index contributed by atoms with van der Waals surface area (Å²) in [4.78, 5) is 11.8. The van der Waals surface area contributed by atoms with Crippen LogP contribution in [0.15, 0.2) is 0 Å². The molecule has 1 heterocycles. The Morgan fingerprint density at radius 3 is 3.00 bits per heavy atom. The summed E-state index contributed by atoms with van der Waals surface area (Å²) in [5, 5.41) is 0. The quantitative estimate of drug-likeness (QED) is 0.446. The van der Waals surface area contributed by atoms with E-state index in [0.717, 1.165) is 24.9 Å². The fraction of sp³-hybridized carbons (Fsp3) is 0.923. The maximum atomic E-state index is 11.8. The Morgan fingerprint density at radius 2 is 2.24 bits per heavy atom. The van der Waals surface area contributed by atoms with Gasteiger partial charge in [-0.15, -0.1) is 0 Å². The molecular formula is C13H19IO3. The van der Waals surface area contributed by atoms with Crippen LogP contribution in [-0.4, -0.2) is 22.8 Å². The third kappa shape index (κ3) is 2.01. The van der Waals surface area contributed by atoms with Gasteiger partial charge >= 0.3 is 5.97 Å². The second-order valence-electron chi connectivity index (χ2n) is 5.59. The summed E-state index contributed by atoms with van der Waals surface area (Å²) in [5.41, 5.74) is 0. The Balaban J connectivity index is 1.64. The van der Waals surface area contributed by atoms with Crippen LogP contribution < -0.4 is 0 Å². The smallest absolute Gasteiger partial charge is 0.321 e. The molecule has 6 unspecified atom stereocenters. The first-order valence-electron chi connectivity index (χ1n) is 6.67. The maximum Gasteiger partial charge on any atom is 0.321 e. The minimum atomic E-state index is -0.244. The molecule has 2 aliphatic carbocycles. The predicted octanol–water partition coefficient (Wildman–Crippen LogP) is 2.76. The summed E-state index contributed by atoms with van der Waals surface area (Å²) in [6, 6.07) is 0. The Kier molecular flexibility index (Phi) is 3.36. The average molecular weight is 350 g/mol. The third-order valence-electron chi connectivity index (χ3n) is 4.77. The van der Waals surface area contributed by atoms with E-state index in [1.54, 1.807) is 0 Å². The van der Waals surface area contributed by atoms with Crippen molar-refractivity contribution >= 4 is 28.6 Å². The van der Waals surface area contributed by atoms with Crippen LogP contribution in [0.5, 0.6) is 0 Å². The summed E-state index contributed by atoms with van der Waals surface area (Å²) < 4.78 is 11.2. The van der Waals surface area contributed by atoms with Crippen LogP contribution in [0.25, 0.3) is 0 Å². The lowest BCUT2D eigenvalue weighted by Crippen LogP contribution is -2.32. The van der Waals surface area contributed by atoms with Crippen LogP contribution in [-0.2, 0) is 14.3 Å². The number of ether oxygens (including phenoxy) is 2. The van der Waals surface area contributed by atoms with E-state index >= 15 is 0 Å². The molecule has 0 spiro atoms. The van der Waals surface area contributed by atoms with Crippen LogP contribution in [0.1, 0.15) is 32.6 Å². The largest absolute Gasteiger partial charge is 0.435 e. The molecule has 0 aromatic rings. The number of rotatable bonds is 3. The van der Waals surface area contributed by atoms with Gasteiger partial charge in [0.05, 0.1) is 6.61 Å². The number of halogens is 1. The van der Waals surface area contributed by atoms with Gasteiger partial charge in [0.15, 0.2) is 0 Å². The number of carbonyl (C=O) groups excluding carboxylic acids is 1. The lowest BCUT2D eigenvalue weighted by Gasteiger charge is -2.26. The van der Waals surface area contributed by atoms with Crippen molar-refractivity contribution in [3.05, 3.63) is 0 Å². The SMILES string of the molecule is CCC(I)C(=O)OC1OCC2C3CCC(C3)C12. The van der Waals surface area contributed by atoms with Crippen molar-refractivity contribution < 1.29 is 14.3 Å². The van der Waals surface area contributed by atoms with E-state index in [4.69, 9.17) is 9.47 Å². The van der Waals surface area contributed by atoms with Crippen molar-refractivity contribution in [1.82, 2.24) is 0 Å². The van der Waals surface area contributed by atoms with Gasteiger partial charge in [0.2, 0.25) is 6.29 Å². The molecule has 1 saturated heterocycles. The van der Waals surface area contributed by atoms with Crippen molar-refractivity contribution in [2.24, 2.45) is 23.7 Å². The zero-order chi connectivity index (χ0) is 12.0. The highest BCUT2D eigenvalue weighted by atomic mass is 127. The molecule has 0 aromatic heterocycles. The molecule has 96 valence electrons. The van der Waals surface area contributed by atoms with Gasteiger partial charge in [-0.05, 0) is 43.4 Å². The first-order valence-corrected chi connectivity index (χ1v) is 7.91. The fourth-order valence-corrected chi connectivity index (χ4v) is 4.06. The summed E-state index contributed by atoms with van der Waals surface area (Å²) in [6.07, 6.45) is 4.59. The number of hydrogen-bond donors (Lipinski definition) is 0. The average Bonchev–Trinajstić information content (AvgIpc) is 3.00. The molecule has 6 atom stereocenters. The summed E-state index contributed by atoms with van der Waals surface area (Å²) in [7, 11) is 0. The van der Waals surface area contributed by atoms with Crippen molar-refractivity contribution in [2.45, 2.75) is 42.8 Å². The predicted molar refractivity (Wildman–Crippen MR) is 71.7 cm³/mol. The van der Waals surface area contributed by atoms with E-state index in [-0.39, 0.29) is 16.2 Å². The topological polar surface area (TPSA) is 35.5 Å². The summed E-state index contributed by atoms with van der Waals surface area (Å²) in [6.45, 7) is 2.82. The minimum Gasteiger partial charge on any atom is -0.435 e. The van der Waals surface area contributed by atoms with Gasteiger partial charge in [-0.3, -0.25) is 4.79 Å². The number of fused-ring (bicyclic) bond motifs is 5. The number of hydrogen-bond acceptors (Lipinski definition) is 3. The van der Waals surface area contributed by atoms with Gasteiger partial charge in [-0.2, -0.15) is 0 Å². The molecular weight excluding hydrogens is 331 g/mol. The first-order chi connectivity index (χ1) is 8.20. The monoisotopic (exact) mass is 350 g/mol. The maximum absolute atomic E-state index is 11.8. The Bertz CT molecular complexity index is 320. The van der Waals surface area contributed by atoms with Gasteiger partial charge in [-0.25, -0.2) is 0 Å². The summed E-state index contributed by atoms with van der Waals surface area (Å²) in [5.74, 6) is 2.66.